The number of fused-ring (bicyclic) bond motifs is 2. The molecule has 0 saturated heterocycles. The number of nitrogens with zero attached hydrogens (tertiary/aromatic N) is 1. The van der Waals surface area contributed by atoms with Crippen LogP contribution in [0.15, 0.2) is 33.5 Å². The Morgan fingerprint density at radius 3 is 2.60 bits per heavy atom. The number of carboxylic acids is 1. The SMILES string of the molecule is CC(C)(C)CCc1ccc2oc3nc(N)c(C(=O)O)cc3c(=O)c2c1. The fraction of sp³-hybridized carbons (Fsp3) is 0.316. The number of carbonyl (C=O) groups is 1. The fourth-order valence-corrected chi connectivity index (χ4v) is 2.69. The zero-order valence-corrected chi connectivity index (χ0v) is 14.4. The maximum Gasteiger partial charge on any atom is 0.339 e. The van der Waals surface area contributed by atoms with Crippen LogP contribution >= 0.6 is 0 Å². The fourth-order valence-electron chi connectivity index (χ4n) is 2.69. The third-order valence-electron chi connectivity index (χ3n) is 4.15. The standard InChI is InChI=1S/C19H20N2O4/c1-19(2,3)7-6-10-4-5-14-11(8-10)15(22)12-9-13(18(23)24)16(20)21-17(12)25-14/h4-5,8-9H,6-7H2,1-3H3,(H2,20,21)(H,23,24). The number of nitrogen functional groups attached to an aromatic ring is 1. The highest BCUT2D eigenvalue weighted by Crippen LogP contribution is 2.25. The summed E-state index contributed by atoms with van der Waals surface area (Å²) in [6, 6.07) is 6.71. The Morgan fingerprint density at radius 1 is 1.24 bits per heavy atom. The number of rotatable bonds is 3. The monoisotopic (exact) mass is 340 g/mol. The summed E-state index contributed by atoms with van der Waals surface area (Å²) in [7, 11) is 0. The van der Waals surface area contributed by atoms with Gasteiger partial charge in [-0.1, -0.05) is 26.8 Å². The molecule has 130 valence electrons. The van der Waals surface area contributed by atoms with E-state index in [1.165, 1.54) is 6.07 Å². The maximum atomic E-state index is 12.8. The molecule has 0 unspecified atom stereocenters. The molecule has 0 radical (unpaired) electrons. The van der Waals surface area contributed by atoms with E-state index in [0.29, 0.717) is 11.0 Å². The van der Waals surface area contributed by atoms with Gasteiger partial charge in [-0.25, -0.2) is 4.79 Å². The van der Waals surface area contributed by atoms with E-state index in [1.807, 2.05) is 12.1 Å². The highest BCUT2D eigenvalue weighted by molar-refractivity contribution is 5.98. The molecule has 0 fully saturated rings. The second-order valence-corrected chi connectivity index (χ2v) is 7.40. The Bertz CT molecular complexity index is 1050. The molecule has 2 heterocycles. The van der Waals surface area contributed by atoms with Gasteiger partial charge in [0.15, 0.2) is 0 Å². The molecule has 0 aliphatic rings. The lowest BCUT2D eigenvalue weighted by Gasteiger charge is -2.17. The second kappa shape index (κ2) is 5.88. The van der Waals surface area contributed by atoms with Gasteiger partial charge in [0, 0.05) is 0 Å². The van der Waals surface area contributed by atoms with Gasteiger partial charge in [-0.2, -0.15) is 4.98 Å². The Balaban J connectivity index is 2.18. The number of carboxylic acid groups (broad SMARTS) is 1. The van der Waals surface area contributed by atoms with E-state index in [4.69, 9.17) is 15.3 Å². The average molecular weight is 340 g/mol. The second-order valence-electron chi connectivity index (χ2n) is 7.40. The quantitative estimate of drug-likeness (QED) is 0.706. The summed E-state index contributed by atoms with van der Waals surface area (Å²) < 4.78 is 5.66. The molecular weight excluding hydrogens is 320 g/mol. The van der Waals surface area contributed by atoms with Gasteiger partial charge in [0.25, 0.3) is 0 Å². The number of hydrogen-bond donors (Lipinski definition) is 2. The van der Waals surface area contributed by atoms with E-state index in [0.717, 1.165) is 18.4 Å². The van der Waals surface area contributed by atoms with Crippen molar-refractivity contribution in [1.82, 2.24) is 4.98 Å². The smallest absolute Gasteiger partial charge is 0.339 e. The predicted octanol–water partition coefficient (Wildman–Crippen LogP) is 3.60. The van der Waals surface area contributed by atoms with Crippen LogP contribution < -0.4 is 11.2 Å². The molecule has 0 atom stereocenters. The van der Waals surface area contributed by atoms with Crippen molar-refractivity contribution in [3.8, 4) is 0 Å². The van der Waals surface area contributed by atoms with E-state index in [-0.39, 0.29) is 33.3 Å². The van der Waals surface area contributed by atoms with Gasteiger partial charge in [0.1, 0.15) is 17.0 Å². The number of nitrogens with two attached hydrogens (primary N) is 1. The van der Waals surface area contributed by atoms with Gasteiger partial charge in [-0.15, -0.1) is 0 Å². The van der Waals surface area contributed by atoms with Crippen LogP contribution in [-0.4, -0.2) is 16.1 Å². The number of aromatic nitrogens is 1. The Morgan fingerprint density at radius 2 is 1.96 bits per heavy atom. The summed E-state index contributed by atoms with van der Waals surface area (Å²) >= 11 is 0. The molecule has 0 spiro atoms. The van der Waals surface area contributed by atoms with Crippen molar-refractivity contribution in [3.05, 3.63) is 45.6 Å². The third kappa shape index (κ3) is 3.33. The van der Waals surface area contributed by atoms with Crippen LogP contribution in [0.2, 0.25) is 0 Å². The molecule has 1 aromatic carbocycles. The summed E-state index contributed by atoms with van der Waals surface area (Å²) in [4.78, 5) is 27.9. The topological polar surface area (TPSA) is 106 Å². The first-order valence-corrected chi connectivity index (χ1v) is 8.05. The average Bonchev–Trinajstić information content (AvgIpc) is 2.52. The summed E-state index contributed by atoms with van der Waals surface area (Å²) in [5.41, 5.74) is 6.81. The van der Waals surface area contributed by atoms with Crippen LogP contribution in [0, 0.1) is 5.41 Å². The zero-order chi connectivity index (χ0) is 18.4. The highest BCUT2D eigenvalue weighted by atomic mass is 16.4. The number of aryl methyl sites for hydroxylation is 1. The molecule has 25 heavy (non-hydrogen) atoms. The van der Waals surface area contributed by atoms with Gasteiger partial charge in [-0.05, 0) is 42.0 Å². The number of aromatic carboxylic acids is 1. The molecule has 0 aliphatic carbocycles. The van der Waals surface area contributed by atoms with E-state index in [2.05, 4.69) is 25.8 Å². The molecule has 0 saturated carbocycles. The lowest BCUT2D eigenvalue weighted by Crippen LogP contribution is -2.10. The van der Waals surface area contributed by atoms with E-state index in [1.54, 1.807) is 6.07 Å². The lowest BCUT2D eigenvalue weighted by atomic mass is 9.88. The number of pyridine rings is 1. The molecule has 0 amide bonds. The first-order valence-electron chi connectivity index (χ1n) is 8.05. The molecule has 3 rings (SSSR count). The minimum absolute atomic E-state index is 0.0439. The third-order valence-corrected chi connectivity index (χ3v) is 4.15. The lowest BCUT2D eigenvalue weighted by molar-refractivity contribution is 0.0698. The van der Waals surface area contributed by atoms with E-state index >= 15 is 0 Å². The largest absolute Gasteiger partial charge is 0.478 e. The molecule has 6 nitrogen and oxygen atoms in total. The van der Waals surface area contributed by atoms with Crippen LogP contribution in [0.4, 0.5) is 5.82 Å². The Hall–Kier alpha value is -2.89. The number of anilines is 1. The number of benzene rings is 1. The first kappa shape index (κ1) is 17.0. The summed E-state index contributed by atoms with van der Waals surface area (Å²) in [5.74, 6) is -1.41. The van der Waals surface area contributed by atoms with Crippen LogP contribution in [0.3, 0.4) is 0 Å². The van der Waals surface area contributed by atoms with Crippen molar-refractivity contribution in [2.75, 3.05) is 5.73 Å². The predicted molar refractivity (Wildman–Crippen MR) is 96.9 cm³/mol. The molecular formula is C19H20N2O4. The normalized spacial score (nSPS) is 12.0. The van der Waals surface area contributed by atoms with Crippen molar-refractivity contribution >= 4 is 33.9 Å². The number of hydrogen-bond acceptors (Lipinski definition) is 5. The van der Waals surface area contributed by atoms with Gasteiger partial charge in [0.05, 0.1) is 10.8 Å². The molecule has 6 heteroatoms. The van der Waals surface area contributed by atoms with Crippen LogP contribution in [-0.2, 0) is 6.42 Å². The Labute approximate surface area is 144 Å². The van der Waals surface area contributed by atoms with Crippen molar-refractivity contribution in [2.45, 2.75) is 33.6 Å². The molecule has 0 bridgehead atoms. The van der Waals surface area contributed by atoms with Gasteiger partial charge in [-0.3, -0.25) is 4.79 Å². The summed E-state index contributed by atoms with van der Waals surface area (Å²) in [5, 5.41) is 9.70. The summed E-state index contributed by atoms with van der Waals surface area (Å²) in [6.45, 7) is 6.50. The molecule has 3 aromatic rings. The van der Waals surface area contributed by atoms with Gasteiger partial charge >= 0.3 is 5.97 Å². The molecule has 0 aliphatic heterocycles. The minimum atomic E-state index is -1.23. The van der Waals surface area contributed by atoms with Crippen molar-refractivity contribution < 1.29 is 14.3 Å². The van der Waals surface area contributed by atoms with Crippen LogP contribution in [0.5, 0.6) is 0 Å². The molecule has 3 N–H and O–H groups in total. The molecule has 2 aromatic heterocycles. The van der Waals surface area contributed by atoms with E-state index < -0.39 is 5.97 Å². The maximum absolute atomic E-state index is 12.8. The highest BCUT2D eigenvalue weighted by Gasteiger charge is 2.16. The first-order chi connectivity index (χ1) is 11.7. The van der Waals surface area contributed by atoms with Crippen molar-refractivity contribution in [2.24, 2.45) is 5.41 Å². The van der Waals surface area contributed by atoms with Crippen LogP contribution in [0.25, 0.3) is 22.1 Å². The van der Waals surface area contributed by atoms with Crippen LogP contribution in [0.1, 0.15) is 43.1 Å². The van der Waals surface area contributed by atoms with Crippen molar-refractivity contribution in [1.29, 1.82) is 0 Å². The van der Waals surface area contributed by atoms with Crippen molar-refractivity contribution in [3.63, 3.8) is 0 Å². The minimum Gasteiger partial charge on any atom is -0.478 e. The summed E-state index contributed by atoms with van der Waals surface area (Å²) in [6.07, 6.45) is 1.83. The Kier molecular flexibility index (Phi) is 3.99. The van der Waals surface area contributed by atoms with Gasteiger partial charge in [0.2, 0.25) is 11.1 Å². The van der Waals surface area contributed by atoms with Gasteiger partial charge < -0.3 is 15.3 Å². The van der Waals surface area contributed by atoms with E-state index in [9.17, 15) is 9.59 Å². The zero-order valence-electron chi connectivity index (χ0n) is 14.4.